The molecule has 3 aromatic rings. The summed E-state index contributed by atoms with van der Waals surface area (Å²) < 4.78 is 5.37. The van der Waals surface area contributed by atoms with Gasteiger partial charge in [0, 0.05) is 26.1 Å². The van der Waals surface area contributed by atoms with Gasteiger partial charge in [0.15, 0.2) is 0 Å². The van der Waals surface area contributed by atoms with Crippen molar-refractivity contribution in [3.05, 3.63) is 102 Å². The number of hydrogen-bond donors (Lipinski definition) is 1. The van der Waals surface area contributed by atoms with Gasteiger partial charge in [0.05, 0.1) is 18.9 Å². The molecule has 0 amide bonds. The number of ether oxygens (including phenoxy) is 1. The van der Waals surface area contributed by atoms with E-state index in [-0.39, 0.29) is 6.10 Å². The van der Waals surface area contributed by atoms with Crippen LogP contribution in [0.2, 0.25) is 0 Å². The van der Waals surface area contributed by atoms with Gasteiger partial charge in [0.2, 0.25) is 0 Å². The molecular weight excluding hydrogens is 388 g/mol. The first-order chi connectivity index (χ1) is 15.2. The van der Waals surface area contributed by atoms with Gasteiger partial charge in [-0.3, -0.25) is 4.90 Å². The van der Waals surface area contributed by atoms with E-state index in [9.17, 15) is 5.11 Å². The first-order valence-electron chi connectivity index (χ1n) is 10.6. The van der Waals surface area contributed by atoms with Crippen molar-refractivity contribution in [2.24, 2.45) is 5.16 Å². The first-order valence-corrected chi connectivity index (χ1v) is 10.6. The standard InChI is InChI=1S/C26H28N2O3/c1-30-23-14-8-9-20(15-23)17-28(19-26(29)22-12-6-3-7-13-22)18-24-16-25(27-31-24)21-10-4-2-5-11-21/h2-15,24,26,29H,16-19H2,1H3/t24-,26-/m0/s1. The molecular formula is C26H28N2O3. The van der Waals surface area contributed by atoms with Crippen molar-refractivity contribution >= 4 is 5.71 Å². The lowest BCUT2D eigenvalue weighted by Crippen LogP contribution is -2.35. The van der Waals surface area contributed by atoms with Crippen molar-refractivity contribution in [3.8, 4) is 5.75 Å². The quantitative estimate of drug-likeness (QED) is 0.561. The van der Waals surface area contributed by atoms with Crippen LogP contribution in [-0.4, -0.2) is 42.0 Å². The normalized spacial score (nSPS) is 16.6. The number of aliphatic hydroxyl groups is 1. The highest BCUT2D eigenvalue weighted by atomic mass is 16.6. The molecule has 5 heteroatoms. The van der Waals surface area contributed by atoms with Crippen LogP contribution in [0.1, 0.15) is 29.2 Å². The highest BCUT2D eigenvalue weighted by Crippen LogP contribution is 2.22. The molecule has 3 aromatic carbocycles. The Morgan fingerprint density at radius 2 is 1.77 bits per heavy atom. The van der Waals surface area contributed by atoms with Gasteiger partial charge in [0.25, 0.3) is 0 Å². The second kappa shape index (κ2) is 10.2. The summed E-state index contributed by atoms with van der Waals surface area (Å²) in [6.07, 6.45) is 0.117. The van der Waals surface area contributed by atoms with Crippen LogP contribution in [0.5, 0.6) is 5.75 Å². The SMILES string of the molecule is COc1cccc(CN(C[C@@H]2CC(c3ccccc3)=NO2)C[C@H](O)c2ccccc2)c1. The minimum absolute atomic E-state index is 0.0520. The molecule has 31 heavy (non-hydrogen) atoms. The maximum absolute atomic E-state index is 10.8. The largest absolute Gasteiger partial charge is 0.497 e. The Balaban J connectivity index is 1.45. The molecule has 4 rings (SSSR count). The highest BCUT2D eigenvalue weighted by molar-refractivity contribution is 6.01. The summed E-state index contributed by atoms with van der Waals surface area (Å²) in [5.74, 6) is 0.827. The molecule has 0 saturated carbocycles. The fraction of sp³-hybridized carbons (Fsp3) is 0.269. The molecule has 1 aliphatic rings. The third kappa shape index (κ3) is 5.72. The van der Waals surface area contributed by atoms with Gasteiger partial charge in [-0.2, -0.15) is 0 Å². The molecule has 0 radical (unpaired) electrons. The van der Waals surface area contributed by atoms with E-state index in [2.05, 4.69) is 28.3 Å². The summed E-state index contributed by atoms with van der Waals surface area (Å²) in [5.41, 5.74) is 4.10. The van der Waals surface area contributed by atoms with E-state index in [4.69, 9.17) is 9.57 Å². The molecule has 0 aromatic heterocycles. The van der Waals surface area contributed by atoms with Crippen LogP contribution in [0.3, 0.4) is 0 Å². The Morgan fingerprint density at radius 1 is 1.03 bits per heavy atom. The molecule has 0 fully saturated rings. The molecule has 1 heterocycles. The Bertz CT molecular complexity index is 992. The van der Waals surface area contributed by atoms with E-state index in [1.165, 1.54) is 0 Å². The maximum Gasteiger partial charge on any atom is 0.145 e. The minimum Gasteiger partial charge on any atom is -0.497 e. The number of hydrogen-bond acceptors (Lipinski definition) is 5. The van der Waals surface area contributed by atoms with Crippen molar-refractivity contribution in [1.29, 1.82) is 0 Å². The lowest BCUT2D eigenvalue weighted by atomic mass is 10.0. The molecule has 160 valence electrons. The van der Waals surface area contributed by atoms with Gasteiger partial charge in [-0.1, -0.05) is 78.0 Å². The van der Waals surface area contributed by atoms with E-state index >= 15 is 0 Å². The second-order valence-electron chi connectivity index (χ2n) is 7.81. The molecule has 5 nitrogen and oxygen atoms in total. The molecule has 0 bridgehead atoms. The van der Waals surface area contributed by atoms with Crippen molar-refractivity contribution in [3.63, 3.8) is 0 Å². The number of oxime groups is 1. The van der Waals surface area contributed by atoms with Crippen LogP contribution in [0, 0.1) is 0 Å². The second-order valence-corrected chi connectivity index (χ2v) is 7.81. The lowest BCUT2D eigenvalue weighted by molar-refractivity contribution is 0.0318. The summed E-state index contributed by atoms with van der Waals surface area (Å²) in [7, 11) is 1.67. The predicted molar refractivity (Wildman–Crippen MR) is 122 cm³/mol. The summed E-state index contributed by atoms with van der Waals surface area (Å²) in [4.78, 5) is 7.98. The summed E-state index contributed by atoms with van der Waals surface area (Å²) in [6, 6.07) is 27.9. The van der Waals surface area contributed by atoms with Gasteiger partial charge < -0.3 is 14.7 Å². The average molecular weight is 417 g/mol. The van der Waals surface area contributed by atoms with Crippen molar-refractivity contribution < 1.29 is 14.7 Å². The zero-order valence-corrected chi connectivity index (χ0v) is 17.7. The van der Waals surface area contributed by atoms with Crippen LogP contribution in [0.4, 0.5) is 0 Å². The summed E-state index contributed by atoms with van der Waals surface area (Å²) in [5, 5.41) is 15.2. The molecule has 1 aliphatic heterocycles. The fourth-order valence-electron chi connectivity index (χ4n) is 3.87. The average Bonchev–Trinajstić information content (AvgIpc) is 3.29. The van der Waals surface area contributed by atoms with Crippen molar-refractivity contribution in [1.82, 2.24) is 4.90 Å². The third-order valence-corrected chi connectivity index (χ3v) is 5.46. The summed E-state index contributed by atoms with van der Waals surface area (Å²) >= 11 is 0. The van der Waals surface area contributed by atoms with E-state index in [0.717, 1.165) is 34.6 Å². The Morgan fingerprint density at radius 3 is 2.52 bits per heavy atom. The van der Waals surface area contributed by atoms with Crippen LogP contribution in [0.25, 0.3) is 0 Å². The van der Waals surface area contributed by atoms with Crippen LogP contribution in [-0.2, 0) is 11.4 Å². The monoisotopic (exact) mass is 416 g/mol. The van der Waals surface area contributed by atoms with Gasteiger partial charge in [0.1, 0.15) is 11.9 Å². The molecule has 0 unspecified atom stereocenters. The van der Waals surface area contributed by atoms with Crippen molar-refractivity contribution in [2.45, 2.75) is 25.2 Å². The van der Waals surface area contributed by atoms with Gasteiger partial charge in [-0.25, -0.2) is 0 Å². The zero-order valence-electron chi connectivity index (χ0n) is 17.7. The number of nitrogens with zero attached hydrogens (tertiary/aromatic N) is 2. The van der Waals surface area contributed by atoms with Gasteiger partial charge in [-0.05, 0) is 28.8 Å². The molecule has 0 aliphatic carbocycles. The van der Waals surface area contributed by atoms with Gasteiger partial charge >= 0.3 is 0 Å². The molecule has 2 atom stereocenters. The molecule has 1 N–H and O–H groups in total. The van der Waals surface area contributed by atoms with E-state index in [1.807, 2.05) is 66.7 Å². The molecule has 0 spiro atoms. The van der Waals surface area contributed by atoms with E-state index < -0.39 is 6.10 Å². The number of methoxy groups -OCH3 is 1. The Hall–Kier alpha value is -3.15. The van der Waals surface area contributed by atoms with Crippen LogP contribution >= 0.6 is 0 Å². The van der Waals surface area contributed by atoms with Crippen molar-refractivity contribution in [2.75, 3.05) is 20.2 Å². The minimum atomic E-state index is -0.581. The first kappa shape index (κ1) is 21.1. The number of aliphatic hydroxyl groups excluding tert-OH is 1. The van der Waals surface area contributed by atoms with Crippen LogP contribution in [0.15, 0.2) is 90.1 Å². The lowest BCUT2D eigenvalue weighted by Gasteiger charge is -2.27. The maximum atomic E-state index is 10.8. The number of benzene rings is 3. The fourth-order valence-corrected chi connectivity index (χ4v) is 3.87. The predicted octanol–water partition coefficient (Wildman–Crippen LogP) is 4.42. The zero-order chi connectivity index (χ0) is 21.5. The van der Waals surface area contributed by atoms with Crippen LogP contribution < -0.4 is 4.74 Å². The topological polar surface area (TPSA) is 54.3 Å². The summed E-state index contributed by atoms with van der Waals surface area (Å²) in [6.45, 7) is 1.85. The van der Waals surface area contributed by atoms with Gasteiger partial charge in [-0.15, -0.1) is 0 Å². The smallest absolute Gasteiger partial charge is 0.145 e. The van der Waals surface area contributed by atoms with E-state index in [1.54, 1.807) is 7.11 Å². The Kier molecular flexibility index (Phi) is 6.97. The Labute approximate surface area is 183 Å². The third-order valence-electron chi connectivity index (χ3n) is 5.46. The highest BCUT2D eigenvalue weighted by Gasteiger charge is 2.26. The molecule has 0 saturated heterocycles. The number of rotatable bonds is 9. The van der Waals surface area contributed by atoms with E-state index in [0.29, 0.717) is 19.6 Å².